The van der Waals surface area contributed by atoms with Crippen molar-refractivity contribution in [3.63, 3.8) is 0 Å². The molecule has 0 spiro atoms. The first-order chi connectivity index (χ1) is 10.9. The predicted molar refractivity (Wildman–Crippen MR) is 83.8 cm³/mol. The largest absolute Gasteiger partial charge is 0.479 e. The van der Waals surface area contributed by atoms with Gasteiger partial charge in [0, 0.05) is 18.4 Å². The fourth-order valence-corrected chi connectivity index (χ4v) is 2.20. The molecule has 1 amide bonds. The van der Waals surface area contributed by atoms with E-state index in [2.05, 4.69) is 10.4 Å². The van der Waals surface area contributed by atoms with E-state index in [0.29, 0.717) is 5.56 Å². The Morgan fingerprint density at radius 1 is 1.30 bits per heavy atom. The number of aryl methyl sites for hydroxylation is 2. The number of amides is 1. The Labute approximate surface area is 133 Å². The number of rotatable bonds is 6. The molecule has 0 fully saturated rings. The third kappa shape index (κ3) is 3.95. The third-order valence-electron chi connectivity index (χ3n) is 3.39. The van der Waals surface area contributed by atoms with Crippen LogP contribution in [0, 0.1) is 13.8 Å². The number of aliphatic carboxylic acids is 1. The van der Waals surface area contributed by atoms with E-state index in [4.69, 9.17) is 9.84 Å². The van der Waals surface area contributed by atoms with Crippen molar-refractivity contribution in [2.45, 2.75) is 20.0 Å². The lowest BCUT2D eigenvalue weighted by molar-refractivity contribution is -0.148. The molecule has 1 unspecified atom stereocenters. The van der Waals surface area contributed by atoms with Gasteiger partial charge in [-0.2, -0.15) is 5.10 Å². The summed E-state index contributed by atoms with van der Waals surface area (Å²) in [7, 11) is 1.29. The molecule has 0 aliphatic heterocycles. The molecule has 2 N–H and O–H groups in total. The zero-order valence-corrected chi connectivity index (χ0v) is 13.2. The van der Waals surface area contributed by atoms with Gasteiger partial charge in [0.15, 0.2) is 6.10 Å². The second kappa shape index (κ2) is 7.06. The molecule has 1 aromatic heterocycles. The lowest BCUT2D eigenvalue weighted by Gasteiger charge is -2.12. The first-order valence-electron chi connectivity index (χ1n) is 7.10. The molecule has 0 saturated carbocycles. The van der Waals surface area contributed by atoms with Crippen molar-refractivity contribution in [2.24, 2.45) is 0 Å². The Bertz CT molecular complexity index is 707. The van der Waals surface area contributed by atoms with Crippen molar-refractivity contribution in [3.05, 3.63) is 47.3 Å². The van der Waals surface area contributed by atoms with E-state index in [1.165, 1.54) is 7.11 Å². The summed E-state index contributed by atoms with van der Waals surface area (Å²) in [6.07, 6.45) is -1.06. The van der Waals surface area contributed by atoms with Crippen molar-refractivity contribution in [2.75, 3.05) is 13.7 Å². The van der Waals surface area contributed by atoms with Gasteiger partial charge in [0.2, 0.25) is 0 Å². The fourth-order valence-electron chi connectivity index (χ4n) is 2.20. The van der Waals surface area contributed by atoms with Gasteiger partial charge in [-0.05, 0) is 44.2 Å². The van der Waals surface area contributed by atoms with Crippen molar-refractivity contribution in [1.29, 1.82) is 0 Å². The highest BCUT2D eigenvalue weighted by Crippen LogP contribution is 2.13. The molecule has 1 heterocycles. The molecule has 0 aliphatic carbocycles. The van der Waals surface area contributed by atoms with Crippen molar-refractivity contribution >= 4 is 11.9 Å². The maximum atomic E-state index is 12.0. The molecule has 0 bridgehead atoms. The number of carbonyl (C=O) groups is 2. The first-order valence-corrected chi connectivity index (χ1v) is 7.10. The number of benzene rings is 1. The number of nitrogens with zero attached hydrogens (tertiary/aromatic N) is 2. The monoisotopic (exact) mass is 317 g/mol. The molecule has 0 radical (unpaired) electrons. The number of carboxylic acids is 1. The van der Waals surface area contributed by atoms with Crippen LogP contribution >= 0.6 is 0 Å². The summed E-state index contributed by atoms with van der Waals surface area (Å²) in [5, 5.41) is 15.8. The van der Waals surface area contributed by atoms with Crippen LogP contribution in [-0.4, -0.2) is 46.5 Å². The van der Waals surface area contributed by atoms with Gasteiger partial charge in [0.1, 0.15) is 0 Å². The minimum Gasteiger partial charge on any atom is -0.479 e. The lowest BCUT2D eigenvalue weighted by Crippen LogP contribution is -2.37. The highest BCUT2D eigenvalue weighted by molar-refractivity contribution is 5.94. The van der Waals surface area contributed by atoms with E-state index in [1.54, 1.807) is 28.9 Å². The van der Waals surface area contributed by atoms with Gasteiger partial charge in [-0.15, -0.1) is 0 Å². The normalized spacial score (nSPS) is 12.0. The number of hydrogen-bond donors (Lipinski definition) is 2. The van der Waals surface area contributed by atoms with Gasteiger partial charge in [-0.25, -0.2) is 9.48 Å². The number of carbonyl (C=O) groups excluding carboxylic acids is 1. The van der Waals surface area contributed by atoms with Crippen LogP contribution in [0.4, 0.5) is 0 Å². The number of carboxylic acid groups (broad SMARTS) is 1. The van der Waals surface area contributed by atoms with Crippen molar-refractivity contribution in [3.8, 4) is 5.69 Å². The summed E-state index contributed by atoms with van der Waals surface area (Å²) in [6.45, 7) is 3.78. The molecular weight excluding hydrogens is 298 g/mol. The zero-order valence-electron chi connectivity index (χ0n) is 13.2. The van der Waals surface area contributed by atoms with E-state index in [1.807, 2.05) is 19.9 Å². The molecule has 1 aromatic carbocycles. The van der Waals surface area contributed by atoms with Gasteiger partial charge < -0.3 is 15.2 Å². The number of methoxy groups -OCH3 is 1. The second-order valence-electron chi connectivity index (χ2n) is 5.16. The van der Waals surface area contributed by atoms with E-state index < -0.39 is 12.1 Å². The van der Waals surface area contributed by atoms with Gasteiger partial charge in [-0.3, -0.25) is 4.79 Å². The van der Waals surface area contributed by atoms with Crippen molar-refractivity contribution < 1.29 is 19.4 Å². The van der Waals surface area contributed by atoms with Crippen LogP contribution in [-0.2, 0) is 9.53 Å². The molecule has 2 aromatic rings. The van der Waals surface area contributed by atoms with E-state index in [-0.39, 0.29) is 12.5 Å². The number of nitrogens with one attached hydrogen (secondary N) is 1. The molecule has 1 atom stereocenters. The SMILES string of the molecule is COC(CNC(=O)c1ccc(-n2nc(C)cc2C)cc1)C(=O)O. The average molecular weight is 317 g/mol. The van der Waals surface area contributed by atoms with Crippen molar-refractivity contribution in [1.82, 2.24) is 15.1 Å². The van der Waals surface area contributed by atoms with Gasteiger partial charge in [-0.1, -0.05) is 0 Å². The Morgan fingerprint density at radius 3 is 2.43 bits per heavy atom. The zero-order chi connectivity index (χ0) is 17.0. The molecule has 7 nitrogen and oxygen atoms in total. The summed E-state index contributed by atoms with van der Waals surface area (Å²) < 4.78 is 6.56. The summed E-state index contributed by atoms with van der Waals surface area (Å²) in [6, 6.07) is 8.89. The van der Waals surface area contributed by atoms with Crippen LogP contribution < -0.4 is 5.32 Å². The molecule has 23 heavy (non-hydrogen) atoms. The third-order valence-corrected chi connectivity index (χ3v) is 3.39. The Balaban J connectivity index is 2.06. The van der Waals surface area contributed by atoms with E-state index in [9.17, 15) is 9.59 Å². The van der Waals surface area contributed by atoms with E-state index >= 15 is 0 Å². The fraction of sp³-hybridized carbons (Fsp3) is 0.312. The first kappa shape index (κ1) is 16.7. The molecule has 7 heteroatoms. The Morgan fingerprint density at radius 2 is 1.96 bits per heavy atom. The highest BCUT2D eigenvalue weighted by Gasteiger charge is 2.17. The summed E-state index contributed by atoms with van der Waals surface area (Å²) >= 11 is 0. The standard InChI is InChI=1S/C16H19N3O4/c1-10-8-11(2)19(18-10)13-6-4-12(5-7-13)15(20)17-9-14(23-3)16(21)22/h4-8,14H,9H2,1-3H3,(H,17,20)(H,21,22). The summed E-state index contributed by atoms with van der Waals surface area (Å²) in [5.41, 5.74) is 3.22. The van der Waals surface area contributed by atoms with Crippen LogP contribution in [0.15, 0.2) is 30.3 Å². The van der Waals surface area contributed by atoms with Crippen LogP contribution in [0.1, 0.15) is 21.7 Å². The Kier molecular flexibility index (Phi) is 5.13. The molecule has 2 rings (SSSR count). The maximum Gasteiger partial charge on any atom is 0.334 e. The molecule has 122 valence electrons. The lowest BCUT2D eigenvalue weighted by atomic mass is 10.2. The number of ether oxygens (including phenoxy) is 1. The summed E-state index contributed by atoms with van der Waals surface area (Å²) in [5.74, 6) is -1.47. The maximum absolute atomic E-state index is 12.0. The molecule has 0 saturated heterocycles. The minimum atomic E-state index is -1.12. The van der Waals surface area contributed by atoms with Crippen LogP contribution in [0.2, 0.25) is 0 Å². The molecular formula is C16H19N3O4. The highest BCUT2D eigenvalue weighted by atomic mass is 16.5. The molecule has 0 aliphatic rings. The van der Waals surface area contributed by atoms with Crippen LogP contribution in [0.3, 0.4) is 0 Å². The number of aromatic nitrogens is 2. The van der Waals surface area contributed by atoms with Gasteiger partial charge in [0.05, 0.1) is 17.9 Å². The Hall–Kier alpha value is -2.67. The topological polar surface area (TPSA) is 93.5 Å². The second-order valence-corrected chi connectivity index (χ2v) is 5.16. The smallest absolute Gasteiger partial charge is 0.334 e. The average Bonchev–Trinajstić information content (AvgIpc) is 2.86. The van der Waals surface area contributed by atoms with Gasteiger partial charge in [0.25, 0.3) is 5.91 Å². The van der Waals surface area contributed by atoms with Crippen LogP contribution in [0.5, 0.6) is 0 Å². The minimum absolute atomic E-state index is 0.0934. The predicted octanol–water partition coefficient (Wildman–Crippen LogP) is 1.32. The van der Waals surface area contributed by atoms with Crippen LogP contribution in [0.25, 0.3) is 5.69 Å². The van der Waals surface area contributed by atoms with Gasteiger partial charge >= 0.3 is 5.97 Å². The quantitative estimate of drug-likeness (QED) is 0.838. The number of hydrogen-bond acceptors (Lipinski definition) is 4. The van der Waals surface area contributed by atoms with E-state index in [0.717, 1.165) is 17.1 Å². The summed E-state index contributed by atoms with van der Waals surface area (Å²) in [4.78, 5) is 22.9.